The fourth-order valence-electron chi connectivity index (χ4n) is 1.83. The van der Waals surface area contributed by atoms with E-state index in [-0.39, 0.29) is 0 Å². The lowest BCUT2D eigenvalue weighted by Gasteiger charge is -2.08. The van der Waals surface area contributed by atoms with Crippen molar-refractivity contribution >= 4 is 23.4 Å². The van der Waals surface area contributed by atoms with Crippen LogP contribution in [-0.2, 0) is 6.42 Å². The van der Waals surface area contributed by atoms with Crippen LogP contribution in [0.4, 0.5) is 0 Å². The molecule has 3 rings (SSSR count). The van der Waals surface area contributed by atoms with Crippen molar-refractivity contribution in [3.8, 4) is 0 Å². The maximum atomic E-state index is 6.19. The lowest BCUT2D eigenvalue weighted by atomic mass is 10.3. The lowest BCUT2D eigenvalue weighted by molar-refractivity contribution is 0.565. The number of tetrazole rings is 1. The van der Waals surface area contributed by atoms with E-state index < -0.39 is 0 Å². The summed E-state index contributed by atoms with van der Waals surface area (Å²) in [7, 11) is 0. The van der Waals surface area contributed by atoms with Crippen molar-refractivity contribution in [2.45, 2.75) is 55.8 Å². The maximum Gasteiger partial charge on any atom is 0.215 e. The third kappa shape index (κ3) is 2.78. The molecule has 0 aromatic carbocycles. The highest BCUT2D eigenvalue weighted by atomic mass is 35.5. The summed E-state index contributed by atoms with van der Waals surface area (Å²) in [6.45, 7) is 4.02. The zero-order valence-corrected chi connectivity index (χ0v) is 12.9. The summed E-state index contributed by atoms with van der Waals surface area (Å²) in [6, 6.07) is 0.445. The van der Waals surface area contributed by atoms with Crippen molar-refractivity contribution in [1.82, 2.24) is 30.2 Å². The van der Waals surface area contributed by atoms with Crippen LogP contribution in [0.3, 0.4) is 0 Å². The van der Waals surface area contributed by atoms with Gasteiger partial charge in [0.25, 0.3) is 0 Å². The number of nitrogens with zero attached hydrogens (tertiary/aromatic N) is 6. The number of aryl methyl sites for hydroxylation is 1. The van der Waals surface area contributed by atoms with Gasteiger partial charge in [0.2, 0.25) is 5.16 Å². The topological polar surface area (TPSA) is 69.4 Å². The molecule has 0 N–H and O–H groups in total. The summed E-state index contributed by atoms with van der Waals surface area (Å²) in [4.78, 5) is 8.88. The van der Waals surface area contributed by atoms with Crippen LogP contribution < -0.4 is 0 Å². The van der Waals surface area contributed by atoms with Gasteiger partial charge in [-0.15, -0.1) is 5.10 Å². The van der Waals surface area contributed by atoms with Crippen LogP contribution in [0.2, 0.25) is 5.15 Å². The van der Waals surface area contributed by atoms with Crippen molar-refractivity contribution in [1.29, 1.82) is 0 Å². The first-order valence-corrected chi connectivity index (χ1v) is 7.87. The Hall–Kier alpha value is -1.21. The number of rotatable bonds is 5. The number of aromatic nitrogens is 6. The number of halogens is 1. The van der Waals surface area contributed by atoms with E-state index in [0.717, 1.165) is 47.3 Å². The van der Waals surface area contributed by atoms with E-state index in [9.17, 15) is 0 Å². The van der Waals surface area contributed by atoms with Crippen molar-refractivity contribution in [2.24, 2.45) is 0 Å². The van der Waals surface area contributed by atoms with E-state index in [0.29, 0.717) is 11.2 Å². The van der Waals surface area contributed by atoms with Crippen molar-refractivity contribution in [3.63, 3.8) is 0 Å². The molecule has 0 bridgehead atoms. The minimum Gasteiger partial charge on any atom is -0.226 e. The van der Waals surface area contributed by atoms with Crippen LogP contribution in [-0.4, -0.2) is 30.2 Å². The van der Waals surface area contributed by atoms with Crippen molar-refractivity contribution in [2.75, 3.05) is 0 Å². The molecule has 1 fully saturated rings. The molecular formula is C12H15ClN6S. The van der Waals surface area contributed by atoms with Crippen LogP contribution in [0.15, 0.2) is 10.2 Å². The van der Waals surface area contributed by atoms with E-state index >= 15 is 0 Å². The Labute approximate surface area is 126 Å². The molecule has 20 heavy (non-hydrogen) atoms. The molecule has 0 spiro atoms. The van der Waals surface area contributed by atoms with E-state index in [2.05, 4.69) is 32.4 Å². The van der Waals surface area contributed by atoms with Crippen LogP contribution in [0, 0.1) is 6.92 Å². The Balaban J connectivity index is 1.90. The maximum absolute atomic E-state index is 6.19. The highest BCUT2D eigenvalue weighted by Gasteiger charge is 2.28. The van der Waals surface area contributed by atoms with Gasteiger partial charge in [-0.2, -0.15) is 0 Å². The lowest BCUT2D eigenvalue weighted by Crippen LogP contribution is -2.02. The number of hydrogen-bond donors (Lipinski definition) is 0. The second-order valence-corrected chi connectivity index (χ2v) is 6.16. The first-order valence-electron chi connectivity index (χ1n) is 6.67. The average Bonchev–Trinajstić information content (AvgIpc) is 3.16. The van der Waals surface area contributed by atoms with Gasteiger partial charge in [0, 0.05) is 12.0 Å². The van der Waals surface area contributed by atoms with Gasteiger partial charge >= 0.3 is 0 Å². The third-order valence-corrected chi connectivity index (χ3v) is 4.52. The summed E-state index contributed by atoms with van der Waals surface area (Å²) < 4.78 is 1.87. The zero-order chi connectivity index (χ0) is 14.1. The van der Waals surface area contributed by atoms with E-state index in [1.54, 1.807) is 0 Å². The quantitative estimate of drug-likeness (QED) is 0.791. The molecule has 0 radical (unpaired) electrons. The van der Waals surface area contributed by atoms with E-state index in [1.165, 1.54) is 11.8 Å². The minimum atomic E-state index is 0.445. The first-order chi connectivity index (χ1) is 9.69. The van der Waals surface area contributed by atoms with Gasteiger partial charge < -0.3 is 0 Å². The second-order valence-electron chi connectivity index (χ2n) is 4.85. The summed E-state index contributed by atoms with van der Waals surface area (Å²) in [5.74, 6) is 0.774. The van der Waals surface area contributed by atoms with E-state index in [4.69, 9.17) is 11.6 Å². The van der Waals surface area contributed by atoms with E-state index in [1.807, 2.05) is 11.6 Å². The molecule has 1 aliphatic rings. The predicted octanol–water partition coefficient (Wildman–Crippen LogP) is 2.86. The van der Waals surface area contributed by atoms with Gasteiger partial charge in [0.05, 0.1) is 6.04 Å². The summed E-state index contributed by atoms with van der Waals surface area (Å²) in [6.07, 6.45) is 4.09. The highest BCUT2D eigenvalue weighted by molar-refractivity contribution is 7.99. The van der Waals surface area contributed by atoms with Crippen LogP contribution in [0.5, 0.6) is 0 Å². The molecule has 6 nitrogen and oxygen atoms in total. The molecule has 2 aromatic rings. The largest absolute Gasteiger partial charge is 0.226 e. The molecule has 0 saturated heterocycles. The Bertz CT molecular complexity index is 624. The molecule has 1 saturated carbocycles. The van der Waals surface area contributed by atoms with Crippen LogP contribution >= 0.6 is 23.4 Å². The molecule has 8 heteroatoms. The normalized spacial score (nSPS) is 14.8. The molecule has 0 aliphatic heterocycles. The molecule has 106 valence electrons. The summed E-state index contributed by atoms with van der Waals surface area (Å²) >= 11 is 7.65. The van der Waals surface area contributed by atoms with Gasteiger partial charge in [-0.05, 0) is 48.4 Å². The molecule has 2 aromatic heterocycles. The van der Waals surface area contributed by atoms with Crippen LogP contribution in [0.25, 0.3) is 0 Å². The van der Waals surface area contributed by atoms with Crippen molar-refractivity contribution in [3.05, 3.63) is 16.5 Å². The monoisotopic (exact) mass is 310 g/mol. The molecule has 0 unspecified atom stereocenters. The Morgan fingerprint density at radius 1 is 1.35 bits per heavy atom. The standard InChI is InChI=1S/C12H15ClN6S/c1-3-4-9-14-10(13)7(2)11(15-9)20-12-16-17-18-19(12)8-5-6-8/h8H,3-6H2,1-2H3. The fraction of sp³-hybridized carbons (Fsp3) is 0.583. The van der Waals surface area contributed by atoms with Gasteiger partial charge in [0.1, 0.15) is 16.0 Å². The second kappa shape index (κ2) is 5.65. The highest BCUT2D eigenvalue weighted by Crippen LogP contribution is 2.38. The average molecular weight is 311 g/mol. The Kier molecular flexibility index (Phi) is 3.89. The smallest absolute Gasteiger partial charge is 0.215 e. The first kappa shape index (κ1) is 13.8. The summed E-state index contributed by atoms with van der Waals surface area (Å²) in [5.41, 5.74) is 0.877. The zero-order valence-electron chi connectivity index (χ0n) is 11.4. The molecular weight excluding hydrogens is 296 g/mol. The van der Waals surface area contributed by atoms with Crippen LogP contribution in [0.1, 0.15) is 43.6 Å². The predicted molar refractivity (Wildman–Crippen MR) is 76.0 cm³/mol. The van der Waals surface area contributed by atoms with Crippen molar-refractivity contribution < 1.29 is 0 Å². The fourth-order valence-corrected chi connectivity index (χ4v) is 3.01. The molecule has 1 aliphatic carbocycles. The Morgan fingerprint density at radius 3 is 2.85 bits per heavy atom. The Morgan fingerprint density at radius 2 is 2.15 bits per heavy atom. The summed E-state index contributed by atoms with van der Waals surface area (Å²) in [5, 5.41) is 14.0. The SMILES string of the molecule is CCCc1nc(Cl)c(C)c(Sc2nnnn2C2CC2)n1. The number of hydrogen-bond acceptors (Lipinski definition) is 6. The van der Waals surface area contributed by atoms with Gasteiger partial charge in [-0.1, -0.05) is 18.5 Å². The van der Waals surface area contributed by atoms with Gasteiger partial charge in [0.15, 0.2) is 0 Å². The molecule has 0 atom stereocenters. The molecule has 0 amide bonds. The minimum absolute atomic E-state index is 0.445. The molecule has 2 heterocycles. The van der Waals surface area contributed by atoms with Gasteiger partial charge in [-0.3, -0.25) is 0 Å². The third-order valence-electron chi connectivity index (χ3n) is 3.10. The van der Waals surface area contributed by atoms with Gasteiger partial charge in [-0.25, -0.2) is 14.6 Å².